The Hall–Kier alpha value is -1.38. The van der Waals surface area contributed by atoms with Crippen LogP contribution in [0, 0.1) is 5.82 Å². The quantitative estimate of drug-likeness (QED) is 0.761. The number of epoxide rings is 1. The van der Waals surface area contributed by atoms with Gasteiger partial charge in [0.15, 0.2) is 0 Å². The van der Waals surface area contributed by atoms with Crippen LogP contribution in [0.4, 0.5) is 4.39 Å². The van der Waals surface area contributed by atoms with Crippen LogP contribution in [-0.2, 0) is 15.8 Å². The van der Waals surface area contributed by atoms with Crippen molar-refractivity contribution in [1.82, 2.24) is 0 Å². The highest BCUT2D eigenvalue weighted by Crippen LogP contribution is 2.66. The molecule has 1 saturated carbocycles. The molecule has 0 N–H and O–H groups in total. The highest BCUT2D eigenvalue weighted by atomic mass is 35.5. The fraction of sp³-hybridized carbons (Fsp3) is 0.294. The van der Waals surface area contributed by atoms with Gasteiger partial charge in [-0.1, -0.05) is 35.9 Å². The van der Waals surface area contributed by atoms with E-state index in [1.807, 2.05) is 36.4 Å². The van der Waals surface area contributed by atoms with Gasteiger partial charge >= 0.3 is 0 Å². The van der Waals surface area contributed by atoms with Gasteiger partial charge < -0.3 is 4.74 Å². The second-order valence-electron chi connectivity index (χ2n) is 5.71. The molecular formula is C17H14ClFO. The van der Waals surface area contributed by atoms with E-state index in [0.717, 1.165) is 24.5 Å². The van der Waals surface area contributed by atoms with E-state index in [1.54, 1.807) is 0 Å². The lowest BCUT2D eigenvalue weighted by Gasteiger charge is -2.25. The smallest absolute Gasteiger partial charge is 0.126 e. The summed E-state index contributed by atoms with van der Waals surface area (Å²) >= 11 is 5.96. The predicted molar refractivity (Wildman–Crippen MR) is 76.4 cm³/mol. The van der Waals surface area contributed by atoms with E-state index >= 15 is 0 Å². The fourth-order valence-corrected chi connectivity index (χ4v) is 3.46. The number of halogens is 2. The van der Waals surface area contributed by atoms with E-state index in [9.17, 15) is 4.39 Å². The van der Waals surface area contributed by atoms with Gasteiger partial charge in [-0.15, -0.1) is 0 Å². The Bertz CT molecular complexity index is 580. The van der Waals surface area contributed by atoms with Gasteiger partial charge in [0.05, 0.1) is 6.61 Å². The molecule has 1 aliphatic carbocycles. The third kappa shape index (κ3) is 1.65. The minimum Gasteiger partial charge on any atom is -0.364 e. The first-order chi connectivity index (χ1) is 9.66. The first kappa shape index (κ1) is 12.4. The van der Waals surface area contributed by atoms with Crippen molar-refractivity contribution in [1.29, 1.82) is 0 Å². The second kappa shape index (κ2) is 4.06. The van der Waals surface area contributed by atoms with Crippen molar-refractivity contribution in [2.24, 2.45) is 0 Å². The van der Waals surface area contributed by atoms with Gasteiger partial charge in [-0.3, -0.25) is 0 Å². The molecule has 0 radical (unpaired) electrons. The maximum absolute atomic E-state index is 13.1. The van der Waals surface area contributed by atoms with Gasteiger partial charge in [-0.2, -0.15) is 0 Å². The van der Waals surface area contributed by atoms with E-state index in [4.69, 9.17) is 16.3 Å². The molecule has 1 atom stereocenters. The minimum atomic E-state index is -0.241. The average molecular weight is 289 g/mol. The molecular weight excluding hydrogens is 275 g/mol. The molecule has 1 aliphatic heterocycles. The molecule has 0 bridgehead atoms. The van der Waals surface area contributed by atoms with Crippen LogP contribution in [0.2, 0.25) is 5.02 Å². The molecule has 0 amide bonds. The van der Waals surface area contributed by atoms with Crippen LogP contribution < -0.4 is 0 Å². The first-order valence-electron chi connectivity index (χ1n) is 6.82. The molecule has 4 rings (SSSR count). The fourth-order valence-electron chi connectivity index (χ4n) is 3.33. The Balaban J connectivity index is 1.76. The van der Waals surface area contributed by atoms with Crippen LogP contribution in [0.5, 0.6) is 0 Å². The van der Waals surface area contributed by atoms with Crippen molar-refractivity contribution in [2.45, 2.75) is 23.9 Å². The van der Waals surface area contributed by atoms with Gasteiger partial charge in [-0.25, -0.2) is 4.39 Å². The number of hydrogen-bond donors (Lipinski definition) is 0. The van der Waals surface area contributed by atoms with Gasteiger partial charge in [0, 0.05) is 10.4 Å². The third-order valence-corrected chi connectivity index (χ3v) is 4.92. The zero-order valence-corrected chi connectivity index (χ0v) is 11.7. The number of benzene rings is 2. The Morgan fingerprint density at radius 3 is 1.95 bits per heavy atom. The summed E-state index contributed by atoms with van der Waals surface area (Å²) in [6.45, 7) is 0.728. The van der Waals surface area contributed by atoms with Crippen LogP contribution in [0.1, 0.15) is 24.0 Å². The predicted octanol–water partition coefficient (Wildman–Crippen LogP) is 4.44. The molecule has 20 heavy (non-hydrogen) atoms. The number of ether oxygens (including phenoxy) is 1. The lowest BCUT2D eigenvalue weighted by molar-refractivity contribution is 0.251. The van der Waals surface area contributed by atoms with Crippen molar-refractivity contribution in [3.63, 3.8) is 0 Å². The molecule has 0 spiro atoms. The third-order valence-electron chi connectivity index (χ3n) is 4.66. The molecule has 2 fully saturated rings. The molecule has 2 aromatic carbocycles. The van der Waals surface area contributed by atoms with Gasteiger partial charge in [0.25, 0.3) is 0 Å². The lowest BCUT2D eigenvalue weighted by Crippen LogP contribution is -2.27. The van der Waals surface area contributed by atoms with E-state index in [1.165, 1.54) is 23.3 Å². The normalized spacial score (nSPS) is 26.3. The summed E-state index contributed by atoms with van der Waals surface area (Å²) in [5, 5.41) is 0.733. The van der Waals surface area contributed by atoms with Gasteiger partial charge in [0.1, 0.15) is 11.4 Å². The summed E-state index contributed by atoms with van der Waals surface area (Å²) in [7, 11) is 0. The molecule has 1 heterocycles. The average Bonchev–Trinajstić information content (AvgIpc) is 3.34. The SMILES string of the molecule is Fc1ccc(C2(C3(c4ccc(Cl)cc4)CO3)CC2)cc1. The van der Waals surface area contributed by atoms with Crippen LogP contribution in [0.25, 0.3) is 0 Å². The maximum Gasteiger partial charge on any atom is 0.126 e. The molecule has 1 nitrogen and oxygen atoms in total. The summed E-state index contributed by atoms with van der Waals surface area (Å²) < 4.78 is 19.0. The van der Waals surface area contributed by atoms with E-state index in [2.05, 4.69) is 0 Å². The second-order valence-corrected chi connectivity index (χ2v) is 6.15. The highest BCUT2D eigenvalue weighted by Gasteiger charge is 2.69. The van der Waals surface area contributed by atoms with Gasteiger partial charge in [0.2, 0.25) is 0 Å². The maximum atomic E-state index is 13.1. The molecule has 102 valence electrons. The summed E-state index contributed by atoms with van der Waals surface area (Å²) in [5.74, 6) is -0.193. The Labute approximate surface area is 122 Å². The van der Waals surface area contributed by atoms with Crippen LogP contribution in [0.15, 0.2) is 48.5 Å². The summed E-state index contributed by atoms with van der Waals surface area (Å²) in [6.07, 6.45) is 2.17. The van der Waals surface area contributed by atoms with Crippen LogP contribution in [-0.4, -0.2) is 6.61 Å². The standard InChI is InChI=1S/C17H14ClFO/c18-14-5-1-13(2-6-14)17(11-20-17)16(9-10-16)12-3-7-15(19)8-4-12/h1-8H,9-11H2. The van der Waals surface area contributed by atoms with Crippen LogP contribution >= 0.6 is 11.6 Å². The molecule has 3 heteroatoms. The van der Waals surface area contributed by atoms with Crippen molar-refractivity contribution in [2.75, 3.05) is 6.61 Å². The topological polar surface area (TPSA) is 12.5 Å². The van der Waals surface area contributed by atoms with Crippen molar-refractivity contribution in [3.8, 4) is 0 Å². The van der Waals surface area contributed by atoms with E-state index in [-0.39, 0.29) is 16.8 Å². The van der Waals surface area contributed by atoms with Crippen LogP contribution in [0.3, 0.4) is 0 Å². The highest BCUT2D eigenvalue weighted by molar-refractivity contribution is 6.30. The molecule has 2 aliphatic rings. The zero-order valence-electron chi connectivity index (χ0n) is 10.9. The Morgan fingerprint density at radius 2 is 1.45 bits per heavy atom. The summed E-state index contributed by atoms with van der Waals surface area (Å²) in [4.78, 5) is 0. The molecule has 2 aromatic rings. The van der Waals surface area contributed by atoms with Crippen molar-refractivity contribution >= 4 is 11.6 Å². The van der Waals surface area contributed by atoms with Crippen molar-refractivity contribution in [3.05, 3.63) is 70.5 Å². The zero-order chi connectivity index (χ0) is 13.8. The Morgan fingerprint density at radius 1 is 0.900 bits per heavy atom. The van der Waals surface area contributed by atoms with E-state index in [0.29, 0.717) is 0 Å². The largest absolute Gasteiger partial charge is 0.364 e. The summed E-state index contributed by atoms with van der Waals surface area (Å²) in [6, 6.07) is 14.7. The monoisotopic (exact) mass is 288 g/mol. The lowest BCUT2D eigenvalue weighted by atomic mass is 9.78. The van der Waals surface area contributed by atoms with Crippen molar-refractivity contribution < 1.29 is 9.13 Å². The molecule has 0 aromatic heterocycles. The van der Waals surface area contributed by atoms with E-state index < -0.39 is 0 Å². The van der Waals surface area contributed by atoms with Gasteiger partial charge in [-0.05, 0) is 48.2 Å². The summed E-state index contributed by atoms with van der Waals surface area (Å²) in [5.41, 5.74) is 2.11. The molecule has 1 unspecified atom stereocenters. The first-order valence-corrected chi connectivity index (χ1v) is 7.20. The minimum absolute atomic E-state index is 0.00846. The number of hydrogen-bond acceptors (Lipinski definition) is 1. The molecule has 1 saturated heterocycles. The Kier molecular flexibility index (Phi) is 2.51. The number of rotatable bonds is 3.